The second-order valence-electron chi connectivity index (χ2n) is 6.39. The zero-order valence-electron chi connectivity index (χ0n) is 15.0. The number of nitrogens with one attached hydrogen (secondary N) is 1. The van der Waals surface area contributed by atoms with Gasteiger partial charge in [0.1, 0.15) is 0 Å². The Kier molecular flexibility index (Phi) is 5.86. The average Bonchev–Trinajstić information content (AvgIpc) is 3.07. The highest BCUT2D eigenvalue weighted by Crippen LogP contribution is 2.36. The zero-order chi connectivity index (χ0) is 19.4. The van der Waals surface area contributed by atoms with Gasteiger partial charge in [0.2, 0.25) is 0 Å². The minimum Gasteiger partial charge on any atom is -0.493 e. The van der Waals surface area contributed by atoms with Gasteiger partial charge < -0.3 is 20.5 Å². The lowest BCUT2D eigenvalue weighted by atomic mass is 10.0. The maximum atomic E-state index is 12.6. The molecule has 6 nitrogen and oxygen atoms in total. The van der Waals surface area contributed by atoms with Gasteiger partial charge in [-0.3, -0.25) is 9.59 Å². The summed E-state index contributed by atoms with van der Waals surface area (Å²) in [5.74, 6) is -0.132. The van der Waals surface area contributed by atoms with Crippen LogP contribution in [-0.2, 0) is 11.2 Å². The molecule has 0 saturated carbocycles. The van der Waals surface area contributed by atoms with Crippen molar-refractivity contribution < 1.29 is 19.1 Å². The molecule has 7 heteroatoms. The number of hydrogen-bond donors (Lipinski definition) is 2. The molecule has 0 spiro atoms. The molecule has 0 aromatic heterocycles. The highest BCUT2D eigenvalue weighted by atomic mass is 35.5. The minimum atomic E-state index is -0.633. The van der Waals surface area contributed by atoms with Crippen LogP contribution in [0.4, 0.5) is 0 Å². The molecule has 27 heavy (non-hydrogen) atoms. The van der Waals surface area contributed by atoms with E-state index in [1.807, 2.05) is 12.1 Å². The number of primary amides is 1. The van der Waals surface area contributed by atoms with E-state index in [4.69, 9.17) is 26.8 Å². The van der Waals surface area contributed by atoms with Gasteiger partial charge in [-0.1, -0.05) is 35.9 Å². The van der Waals surface area contributed by atoms with Crippen molar-refractivity contribution in [2.75, 3.05) is 20.3 Å². The molecular formula is C20H21ClN2O4. The lowest BCUT2D eigenvalue weighted by Crippen LogP contribution is -2.28. The van der Waals surface area contributed by atoms with Gasteiger partial charge in [-0.2, -0.15) is 0 Å². The van der Waals surface area contributed by atoms with Crippen LogP contribution in [0, 0.1) is 0 Å². The van der Waals surface area contributed by atoms with Crippen LogP contribution in [0.2, 0.25) is 5.02 Å². The highest BCUT2D eigenvalue weighted by molar-refractivity contribution is 6.32. The number of rotatable bonds is 7. The second-order valence-corrected chi connectivity index (χ2v) is 6.80. The van der Waals surface area contributed by atoms with E-state index in [0.717, 1.165) is 12.8 Å². The number of aryl methyl sites for hydroxylation is 1. The lowest BCUT2D eigenvalue weighted by Gasteiger charge is -2.15. The van der Waals surface area contributed by atoms with Crippen LogP contribution < -0.4 is 20.5 Å². The molecule has 3 N–H and O–H groups in total. The van der Waals surface area contributed by atoms with Gasteiger partial charge in [0.25, 0.3) is 11.8 Å². The van der Waals surface area contributed by atoms with Crippen molar-refractivity contribution >= 4 is 23.4 Å². The van der Waals surface area contributed by atoms with Crippen molar-refractivity contribution in [3.63, 3.8) is 0 Å². The Morgan fingerprint density at radius 2 is 2.07 bits per heavy atom. The SMILES string of the molecule is COc1cc(C(=O)NCC2CCc3ccccc32)cc(Cl)c1OCC(N)=O. The third kappa shape index (κ3) is 4.34. The molecule has 0 radical (unpaired) electrons. The molecule has 0 saturated heterocycles. The van der Waals surface area contributed by atoms with Gasteiger partial charge in [0.05, 0.1) is 12.1 Å². The van der Waals surface area contributed by atoms with Crippen LogP contribution in [0.3, 0.4) is 0 Å². The second kappa shape index (κ2) is 8.31. The number of hydrogen-bond acceptors (Lipinski definition) is 4. The predicted octanol–water partition coefficient (Wildman–Crippen LogP) is 2.67. The van der Waals surface area contributed by atoms with Gasteiger partial charge in [-0.15, -0.1) is 0 Å². The normalized spacial score (nSPS) is 15.1. The van der Waals surface area contributed by atoms with Gasteiger partial charge in [-0.05, 0) is 36.1 Å². The van der Waals surface area contributed by atoms with Crippen LogP contribution in [0.25, 0.3) is 0 Å². The number of carbonyl (C=O) groups excluding carboxylic acids is 2. The van der Waals surface area contributed by atoms with Crippen molar-refractivity contribution in [3.8, 4) is 11.5 Å². The van der Waals surface area contributed by atoms with Crippen LogP contribution >= 0.6 is 11.6 Å². The highest BCUT2D eigenvalue weighted by Gasteiger charge is 2.23. The van der Waals surface area contributed by atoms with Gasteiger partial charge >= 0.3 is 0 Å². The Morgan fingerprint density at radius 1 is 1.30 bits per heavy atom. The minimum absolute atomic E-state index is 0.173. The van der Waals surface area contributed by atoms with E-state index in [1.165, 1.54) is 30.4 Å². The Bertz CT molecular complexity index is 869. The number of halogens is 1. The van der Waals surface area contributed by atoms with E-state index in [0.29, 0.717) is 18.0 Å². The first-order valence-electron chi connectivity index (χ1n) is 8.64. The molecule has 0 fully saturated rings. The fraction of sp³-hybridized carbons (Fsp3) is 0.300. The standard InChI is InChI=1S/C20H21ClN2O4/c1-26-17-9-14(8-16(21)19(17)27-11-18(22)24)20(25)23-10-13-7-6-12-4-2-3-5-15(12)13/h2-5,8-9,13H,6-7,10-11H2,1H3,(H2,22,24)(H,23,25). The van der Waals surface area contributed by atoms with E-state index in [9.17, 15) is 9.59 Å². The van der Waals surface area contributed by atoms with Crippen LogP contribution in [0.5, 0.6) is 11.5 Å². The van der Waals surface area contributed by atoms with E-state index in [1.54, 1.807) is 0 Å². The topological polar surface area (TPSA) is 90.7 Å². The molecule has 2 aromatic rings. The average molecular weight is 389 g/mol. The van der Waals surface area contributed by atoms with Crippen molar-refractivity contribution in [1.29, 1.82) is 0 Å². The molecule has 2 aromatic carbocycles. The fourth-order valence-corrected chi connectivity index (χ4v) is 3.57. The number of fused-ring (bicyclic) bond motifs is 1. The van der Waals surface area contributed by atoms with Crippen LogP contribution in [-0.4, -0.2) is 32.1 Å². The number of benzene rings is 2. The summed E-state index contributed by atoms with van der Waals surface area (Å²) >= 11 is 6.20. The maximum Gasteiger partial charge on any atom is 0.255 e. The molecule has 1 unspecified atom stereocenters. The van der Waals surface area contributed by atoms with Gasteiger partial charge in [-0.25, -0.2) is 0 Å². The number of methoxy groups -OCH3 is 1. The smallest absolute Gasteiger partial charge is 0.255 e. The first-order valence-corrected chi connectivity index (χ1v) is 9.02. The first-order chi connectivity index (χ1) is 13.0. The van der Waals surface area contributed by atoms with Crippen molar-refractivity contribution in [2.45, 2.75) is 18.8 Å². The Balaban J connectivity index is 1.70. The van der Waals surface area contributed by atoms with Gasteiger partial charge in [0, 0.05) is 18.0 Å². The number of nitrogens with two attached hydrogens (primary N) is 1. The molecule has 0 heterocycles. The zero-order valence-corrected chi connectivity index (χ0v) is 15.7. The monoisotopic (exact) mass is 388 g/mol. The van der Waals surface area contributed by atoms with E-state index < -0.39 is 5.91 Å². The molecule has 1 aliphatic carbocycles. The van der Waals surface area contributed by atoms with E-state index in [-0.39, 0.29) is 29.0 Å². The predicted molar refractivity (Wildman–Crippen MR) is 103 cm³/mol. The largest absolute Gasteiger partial charge is 0.493 e. The van der Waals surface area contributed by atoms with Crippen LogP contribution in [0.1, 0.15) is 33.8 Å². The van der Waals surface area contributed by atoms with Crippen LogP contribution in [0.15, 0.2) is 36.4 Å². The first kappa shape index (κ1) is 19.0. The molecule has 0 aliphatic heterocycles. The number of ether oxygens (including phenoxy) is 2. The van der Waals surface area contributed by atoms with Gasteiger partial charge in [0.15, 0.2) is 18.1 Å². The molecule has 3 rings (SSSR count). The Morgan fingerprint density at radius 3 is 2.81 bits per heavy atom. The lowest BCUT2D eigenvalue weighted by molar-refractivity contribution is -0.119. The molecule has 1 atom stereocenters. The quantitative estimate of drug-likeness (QED) is 0.762. The summed E-state index contributed by atoms with van der Waals surface area (Å²) in [6, 6.07) is 11.3. The fourth-order valence-electron chi connectivity index (χ4n) is 3.31. The molecule has 1 aliphatic rings. The summed E-state index contributed by atoms with van der Waals surface area (Å²) in [5, 5.41) is 3.14. The number of amides is 2. The molecule has 2 amide bonds. The van der Waals surface area contributed by atoms with Crippen molar-refractivity contribution in [3.05, 3.63) is 58.1 Å². The maximum absolute atomic E-state index is 12.6. The summed E-state index contributed by atoms with van der Waals surface area (Å²) < 4.78 is 10.5. The number of carbonyl (C=O) groups is 2. The Labute approximate surface area is 162 Å². The summed E-state index contributed by atoms with van der Waals surface area (Å²) in [5.41, 5.74) is 8.08. The van der Waals surface area contributed by atoms with E-state index in [2.05, 4.69) is 17.4 Å². The molecular weight excluding hydrogens is 368 g/mol. The Hall–Kier alpha value is -2.73. The van der Waals surface area contributed by atoms with Crippen molar-refractivity contribution in [2.24, 2.45) is 5.73 Å². The summed E-state index contributed by atoms with van der Waals surface area (Å²) in [6.45, 7) is 0.221. The summed E-state index contributed by atoms with van der Waals surface area (Å²) in [7, 11) is 1.43. The third-order valence-corrected chi connectivity index (χ3v) is 4.90. The summed E-state index contributed by atoms with van der Waals surface area (Å²) in [6.07, 6.45) is 2.05. The van der Waals surface area contributed by atoms with Crippen molar-refractivity contribution in [1.82, 2.24) is 5.32 Å². The third-order valence-electron chi connectivity index (χ3n) is 4.62. The molecule has 142 valence electrons. The van der Waals surface area contributed by atoms with E-state index >= 15 is 0 Å². The molecule has 0 bridgehead atoms. The summed E-state index contributed by atoms with van der Waals surface area (Å²) in [4.78, 5) is 23.5.